The first-order valence-electron chi connectivity index (χ1n) is 5.35. The van der Waals surface area contributed by atoms with E-state index in [1.807, 2.05) is 6.07 Å². The van der Waals surface area contributed by atoms with Crippen molar-refractivity contribution in [2.45, 2.75) is 6.54 Å². The largest absolute Gasteiger partial charge is 0.292 e. The van der Waals surface area contributed by atoms with E-state index in [9.17, 15) is 9.59 Å². The quantitative estimate of drug-likeness (QED) is 0.808. The Morgan fingerprint density at radius 3 is 2.68 bits per heavy atom. The Bertz CT molecular complexity index is 714. The lowest BCUT2D eigenvalue weighted by Crippen LogP contribution is -2.24. The predicted octanol–water partition coefficient (Wildman–Crippen LogP) is 1.76. The van der Waals surface area contributed by atoms with Gasteiger partial charge in [-0.1, -0.05) is 12.1 Å². The van der Waals surface area contributed by atoms with Crippen LogP contribution < -0.4 is 5.56 Å². The summed E-state index contributed by atoms with van der Waals surface area (Å²) in [5.74, 6) is -0.216. The Balaban J connectivity index is 2.23. The van der Waals surface area contributed by atoms with Crippen LogP contribution in [0.2, 0.25) is 0 Å². The van der Waals surface area contributed by atoms with Crippen molar-refractivity contribution in [3.8, 4) is 6.07 Å². The van der Waals surface area contributed by atoms with Gasteiger partial charge in [-0.2, -0.15) is 5.26 Å². The van der Waals surface area contributed by atoms with E-state index < -0.39 is 0 Å². The van der Waals surface area contributed by atoms with Gasteiger partial charge in [0.05, 0.1) is 24.5 Å². The van der Waals surface area contributed by atoms with Crippen molar-refractivity contribution in [3.05, 3.63) is 62.7 Å². The van der Waals surface area contributed by atoms with Crippen molar-refractivity contribution in [3.63, 3.8) is 0 Å². The monoisotopic (exact) mass is 317 g/mol. The summed E-state index contributed by atoms with van der Waals surface area (Å²) in [5.41, 5.74) is 0.626. The summed E-state index contributed by atoms with van der Waals surface area (Å²) in [5, 5.41) is 8.68. The number of Topliss-reactive ketones (excluding diaryl/α,β-unsaturated/α-hetero) is 1. The smallest absolute Gasteiger partial charge is 0.268 e. The lowest BCUT2D eigenvalue weighted by atomic mass is 10.1. The van der Waals surface area contributed by atoms with E-state index in [2.05, 4.69) is 20.9 Å². The number of hydrogen-bond acceptors (Lipinski definition) is 4. The van der Waals surface area contributed by atoms with Gasteiger partial charge in [-0.25, -0.2) is 4.98 Å². The van der Waals surface area contributed by atoms with Crippen molar-refractivity contribution in [2.24, 2.45) is 0 Å². The van der Waals surface area contributed by atoms with Crippen LogP contribution in [0.1, 0.15) is 15.9 Å². The van der Waals surface area contributed by atoms with Crippen LogP contribution in [-0.4, -0.2) is 15.3 Å². The first-order chi connectivity index (χ1) is 9.11. The second-order valence-electron chi connectivity index (χ2n) is 3.79. The molecule has 1 heterocycles. The summed E-state index contributed by atoms with van der Waals surface area (Å²) in [6.45, 7) is -0.0861. The van der Waals surface area contributed by atoms with Gasteiger partial charge in [0.25, 0.3) is 5.56 Å². The summed E-state index contributed by atoms with van der Waals surface area (Å²) < 4.78 is 1.53. The van der Waals surface area contributed by atoms with Gasteiger partial charge in [-0.15, -0.1) is 0 Å². The maximum Gasteiger partial charge on any atom is 0.268 e. The highest BCUT2D eigenvalue weighted by Crippen LogP contribution is 2.06. The van der Waals surface area contributed by atoms with E-state index in [1.54, 1.807) is 24.3 Å². The second-order valence-corrected chi connectivity index (χ2v) is 4.64. The standard InChI is InChI=1S/C13H8BrN3O2/c14-11-6-16-8-17(13(11)19)7-12(18)10-3-1-9(5-15)2-4-10/h1-4,6,8H,7H2. The third-order valence-corrected chi connectivity index (χ3v) is 3.05. The van der Waals surface area contributed by atoms with Crippen LogP contribution in [0.25, 0.3) is 0 Å². The normalized spacial score (nSPS) is 9.89. The molecule has 0 fully saturated rings. The average molecular weight is 318 g/mol. The molecule has 0 bridgehead atoms. The van der Waals surface area contributed by atoms with E-state index in [1.165, 1.54) is 17.1 Å². The summed E-state index contributed by atoms with van der Waals surface area (Å²) in [6, 6.07) is 8.24. The molecule has 0 radical (unpaired) electrons. The lowest BCUT2D eigenvalue weighted by Gasteiger charge is -2.04. The number of carbonyl (C=O) groups is 1. The maximum atomic E-state index is 12.0. The number of hydrogen-bond donors (Lipinski definition) is 0. The topological polar surface area (TPSA) is 75.8 Å². The molecule has 0 aliphatic rings. The third kappa shape index (κ3) is 2.95. The Morgan fingerprint density at radius 2 is 2.05 bits per heavy atom. The van der Waals surface area contributed by atoms with Crippen LogP contribution in [0.5, 0.6) is 0 Å². The molecule has 0 N–H and O–H groups in total. The molecular weight excluding hydrogens is 310 g/mol. The van der Waals surface area contributed by atoms with Crippen molar-refractivity contribution >= 4 is 21.7 Å². The molecule has 2 aromatic rings. The number of halogens is 1. The molecule has 1 aromatic heterocycles. The van der Waals surface area contributed by atoms with Gasteiger partial charge in [0.15, 0.2) is 5.78 Å². The summed E-state index contributed by atoms with van der Waals surface area (Å²) in [4.78, 5) is 27.5. The zero-order chi connectivity index (χ0) is 13.8. The minimum absolute atomic E-state index is 0.0861. The van der Waals surface area contributed by atoms with Crippen LogP contribution in [0.4, 0.5) is 0 Å². The van der Waals surface area contributed by atoms with Crippen LogP contribution in [-0.2, 0) is 6.54 Å². The molecule has 5 nitrogen and oxygen atoms in total. The molecule has 1 aromatic carbocycles. The fourth-order valence-electron chi connectivity index (χ4n) is 1.51. The molecule has 2 rings (SSSR count). The fraction of sp³-hybridized carbons (Fsp3) is 0.0769. The molecule has 0 spiro atoms. The van der Waals surface area contributed by atoms with Crippen molar-refractivity contribution in [1.82, 2.24) is 9.55 Å². The van der Waals surface area contributed by atoms with Crippen molar-refractivity contribution in [1.29, 1.82) is 5.26 Å². The zero-order valence-corrected chi connectivity index (χ0v) is 11.3. The first kappa shape index (κ1) is 13.2. The Kier molecular flexibility index (Phi) is 3.88. The average Bonchev–Trinajstić information content (AvgIpc) is 2.44. The molecule has 0 aliphatic carbocycles. The second kappa shape index (κ2) is 5.59. The zero-order valence-electron chi connectivity index (χ0n) is 9.71. The molecule has 0 saturated heterocycles. The van der Waals surface area contributed by atoms with Gasteiger partial charge in [-0.3, -0.25) is 14.2 Å². The highest BCUT2D eigenvalue weighted by molar-refractivity contribution is 9.10. The van der Waals surface area contributed by atoms with Gasteiger partial charge in [-0.05, 0) is 28.1 Å². The van der Waals surface area contributed by atoms with Gasteiger partial charge >= 0.3 is 0 Å². The summed E-state index contributed by atoms with van der Waals surface area (Å²) in [7, 11) is 0. The minimum Gasteiger partial charge on any atom is -0.292 e. The van der Waals surface area contributed by atoms with Crippen molar-refractivity contribution in [2.75, 3.05) is 0 Å². The molecule has 0 amide bonds. The molecule has 19 heavy (non-hydrogen) atoms. The fourth-order valence-corrected chi connectivity index (χ4v) is 1.86. The number of benzene rings is 1. The number of carbonyl (C=O) groups excluding carboxylic acids is 1. The Morgan fingerprint density at radius 1 is 1.37 bits per heavy atom. The van der Waals surface area contributed by atoms with E-state index in [0.717, 1.165) is 0 Å². The molecular formula is C13H8BrN3O2. The van der Waals surface area contributed by atoms with Crippen LogP contribution in [0.3, 0.4) is 0 Å². The van der Waals surface area contributed by atoms with E-state index in [4.69, 9.17) is 5.26 Å². The molecule has 0 saturated carbocycles. The Hall–Kier alpha value is -2.26. The number of ketones is 1. The number of aromatic nitrogens is 2. The highest BCUT2D eigenvalue weighted by atomic mass is 79.9. The summed E-state index contributed by atoms with van der Waals surface area (Å²) in [6.07, 6.45) is 2.69. The van der Waals surface area contributed by atoms with E-state index in [0.29, 0.717) is 15.6 Å². The van der Waals surface area contributed by atoms with Crippen LogP contribution >= 0.6 is 15.9 Å². The van der Waals surface area contributed by atoms with Gasteiger partial charge in [0.2, 0.25) is 0 Å². The van der Waals surface area contributed by atoms with Crippen LogP contribution in [0, 0.1) is 11.3 Å². The first-order valence-corrected chi connectivity index (χ1v) is 6.14. The van der Waals surface area contributed by atoms with Gasteiger partial charge < -0.3 is 0 Å². The highest BCUT2D eigenvalue weighted by Gasteiger charge is 2.09. The molecule has 6 heteroatoms. The van der Waals surface area contributed by atoms with E-state index >= 15 is 0 Å². The molecule has 0 unspecified atom stereocenters. The molecule has 94 valence electrons. The number of rotatable bonds is 3. The Labute approximate surface area is 117 Å². The van der Waals surface area contributed by atoms with Gasteiger partial charge in [0, 0.05) is 11.8 Å². The SMILES string of the molecule is N#Cc1ccc(C(=O)Cn2cncc(Br)c2=O)cc1. The van der Waals surface area contributed by atoms with Crippen molar-refractivity contribution < 1.29 is 4.79 Å². The molecule has 0 atom stereocenters. The van der Waals surface area contributed by atoms with Crippen LogP contribution in [0.15, 0.2) is 46.1 Å². The van der Waals surface area contributed by atoms with Gasteiger partial charge in [0.1, 0.15) is 4.47 Å². The minimum atomic E-state index is -0.308. The predicted molar refractivity (Wildman–Crippen MR) is 71.7 cm³/mol. The maximum absolute atomic E-state index is 12.0. The number of nitriles is 1. The number of nitrogens with zero attached hydrogens (tertiary/aromatic N) is 3. The lowest BCUT2D eigenvalue weighted by molar-refractivity contribution is 0.0970. The summed E-state index contributed by atoms with van der Waals surface area (Å²) >= 11 is 3.07. The molecule has 0 aliphatic heterocycles. The third-order valence-electron chi connectivity index (χ3n) is 2.51. The van der Waals surface area contributed by atoms with E-state index in [-0.39, 0.29) is 17.9 Å².